The highest BCUT2D eigenvalue weighted by Gasteiger charge is 2.32. The number of amides is 1. The zero-order chi connectivity index (χ0) is 22.7. The van der Waals surface area contributed by atoms with Gasteiger partial charge in [0.15, 0.2) is 5.16 Å². The summed E-state index contributed by atoms with van der Waals surface area (Å²) in [5, 5.41) is 24.2. The topological polar surface area (TPSA) is 119 Å². The highest BCUT2D eigenvalue weighted by molar-refractivity contribution is 7.99. The molecule has 4 rings (SSSR count). The van der Waals surface area contributed by atoms with Crippen LogP contribution >= 0.6 is 11.8 Å². The van der Waals surface area contributed by atoms with Gasteiger partial charge in [0, 0.05) is 42.2 Å². The number of carbonyl (C=O) groups is 1. The molecule has 1 saturated heterocycles. The first kappa shape index (κ1) is 22.1. The summed E-state index contributed by atoms with van der Waals surface area (Å²) in [6.07, 6.45) is 1.12. The summed E-state index contributed by atoms with van der Waals surface area (Å²) in [5.74, 6) is 2.12. The SMILES string of the molecule is CCC(=O)Nc1ccc(Sc2nc(Nc3cc(C)n[nH]3)cc(N3CCC(C)(O)C3)n2)cc1. The number of hydrogen-bond donors (Lipinski definition) is 4. The van der Waals surface area contributed by atoms with Crippen molar-refractivity contribution in [2.24, 2.45) is 0 Å². The summed E-state index contributed by atoms with van der Waals surface area (Å²) in [6, 6.07) is 11.4. The van der Waals surface area contributed by atoms with Crippen LogP contribution in [0.4, 0.5) is 23.1 Å². The van der Waals surface area contributed by atoms with E-state index in [4.69, 9.17) is 4.98 Å². The molecule has 1 atom stereocenters. The maximum atomic E-state index is 11.6. The standard InChI is InChI=1S/C22H27N7O2S/c1-4-20(30)23-15-5-7-16(8-6-15)32-21-25-17(24-18-11-14(2)27-28-18)12-19(26-21)29-10-9-22(3,31)13-29/h5-8,11-12,31H,4,9-10,13H2,1-3H3,(H,23,30)(H2,24,25,26,27,28). The van der Waals surface area contributed by atoms with E-state index in [1.165, 1.54) is 11.8 Å². The molecule has 1 aliphatic heterocycles. The van der Waals surface area contributed by atoms with E-state index in [1.807, 2.05) is 57.2 Å². The minimum Gasteiger partial charge on any atom is -0.388 e. The Morgan fingerprint density at radius 2 is 2.06 bits per heavy atom. The Hall–Kier alpha value is -3.11. The van der Waals surface area contributed by atoms with Crippen LogP contribution in [0.1, 0.15) is 32.4 Å². The molecule has 0 spiro atoms. The second-order valence-corrected chi connectivity index (χ2v) is 9.18. The lowest BCUT2D eigenvalue weighted by atomic mass is 10.1. The maximum Gasteiger partial charge on any atom is 0.224 e. The van der Waals surface area contributed by atoms with Gasteiger partial charge in [-0.05, 0) is 56.3 Å². The lowest BCUT2D eigenvalue weighted by Gasteiger charge is -2.21. The molecule has 1 amide bonds. The molecule has 3 heterocycles. The first-order chi connectivity index (χ1) is 15.3. The van der Waals surface area contributed by atoms with Crippen LogP contribution in [0.3, 0.4) is 0 Å². The van der Waals surface area contributed by atoms with Crippen LogP contribution in [0.5, 0.6) is 0 Å². The highest BCUT2D eigenvalue weighted by atomic mass is 32.2. The first-order valence-corrected chi connectivity index (χ1v) is 11.3. The third-order valence-electron chi connectivity index (χ3n) is 5.10. The minimum atomic E-state index is -0.731. The quantitative estimate of drug-likeness (QED) is 0.400. The van der Waals surface area contributed by atoms with Crippen LogP contribution in [-0.4, -0.2) is 49.9 Å². The molecular weight excluding hydrogens is 426 g/mol. The Labute approximate surface area is 191 Å². The second kappa shape index (κ2) is 9.17. The van der Waals surface area contributed by atoms with Gasteiger partial charge in [-0.25, -0.2) is 9.97 Å². The van der Waals surface area contributed by atoms with Gasteiger partial charge in [0.2, 0.25) is 5.91 Å². The summed E-state index contributed by atoms with van der Waals surface area (Å²) >= 11 is 1.43. The van der Waals surface area contributed by atoms with Crippen LogP contribution in [0.15, 0.2) is 46.5 Å². The number of aryl methyl sites for hydroxylation is 1. The molecule has 10 heteroatoms. The molecule has 0 aliphatic carbocycles. The van der Waals surface area contributed by atoms with Crippen molar-refractivity contribution in [1.82, 2.24) is 20.2 Å². The number of H-pyrrole nitrogens is 1. The summed E-state index contributed by atoms with van der Waals surface area (Å²) in [5.41, 5.74) is 0.903. The average Bonchev–Trinajstić information content (AvgIpc) is 3.33. The Morgan fingerprint density at radius 1 is 1.28 bits per heavy atom. The fourth-order valence-electron chi connectivity index (χ4n) is 3.41. The van der Waals surface area contributed by atoms with Gasteiger partial charge >= 0.3 is 0 Å². The Balaban J connectivity index is 1.57. The predicted octanol–water partition coefficient (Wildman–Crippen LogP) is 3.71. The van der Waals surface area contributed by atoms with E-state index >= 15 is 0 Å². The molecule has 1 aromatic carbocycles. The molecule has 3 aromatic rings. The smallest absolute Gasteiger partial charge is 0.224 e. The minimum absolute atomic E-state index is 0.0207. The summed E-state index contributed by atoms with van der Waals surface area (Å²) in [7, 11) is 0. The van der Waals surface area contributed by atoms with Gasteiger partial charge < -0.3 is 20.6 Å². The van der Waals surface area contributed by atoms with Gasteiger partial charge in [-0.1, -0.05) is 6.92 Å². The van der Waals surface area contributed by atoms with Crippen molar-refractivity contribution in [2.45, 2.75) is 49.3 Å². The van der Waals surface area contributed by atoms with Crippen molar-refractivity contribution < 1.29 is 9.90 Å². The zero-order valence-corrected chi connectivity index (χ0v) is 19.2. The largest absolute Gasteiger partial charge is 0.388 e. The molecule has 0 saturated carbocycles. The highest BCUT2D eigenvalue weighted by Crippen LogP contribution is 2.32. The van der Waals surface area contributed by atoms with Crippen LogP contribution in [0.2, 0.25) is 0 Å². The third-order valence-corrected chi connectivity index (χ3v) is 5.98. The first-order valence-electron chi connectivity index (χ1n) is 10.5. The summed E-state index contributed by atoms with van der Waals surface area (Å²) in [6.45, 7) is 6.81. The van der Waals surface area contributed by atoms with Gasteiger partial charge in [0.1, 0.15) is 17.5 Å². The van der Waals surface area contributed by atoms with Gasteiger partial charge in [-0.3, -0.25) is 9.89 Å². The number of rotatable bonds is 7. The average molecular weight is 454 g/mol. The Morgan fingerprint density at radius 3 is 2.69 bits per heavy atom. The Bertz CT molecular complexity index is 1100. The number of aromatic nitrogens is 4. The summed E-state index contributed by atoms with van der Waals surface area (Å²) < 4.78 is 0. The van der Waals surface area contributed by atoms with E-state index in [2.05, 4.69) is 30.7 Å². The fourth-order valence-corrected chi connectivity index (χ4v) is 4.18. The number of β-amino-alcohol motifs (C(OH)–C–C–N with tert-alkyl or cyclic N) is 1. The lowest BCUT2D eigenvalue weighted by molar-refractivity contribution is -0.115. The normalized spacial score (nSPS) is 18.1. The van der Waals surface area contributed by atoms with Gasteiger partial charge in [-0.15, -0.1) is 0 Å². The number of benzene rings is 1. The number of hydrogen-bond acceptors (Lipinski definition) is 8. The van der Waals surface area contributed by atoms with Gasteiger partial charge in [0.05, 0.1) is 11.3 Å². The number of nitrogens with zero attached hydrogens (tertiary/aromatic N) is 4. The van der Waals surface area contributed by atoms with Gasteiger partial charge in [-0.2, -0.15) is 5.10 Å². The van der Waals surface area contributed by atoms with E-state index in [1.54, 1.807) is 0 Å². The molecule has 1 unspecified atom stereocenters. The molecule has 0 radical (unpaired) electrons. The number of carbonyl (C=O) groups excluding carboxylic acids is 1. The lowest BCUT2D eigenvalue weighted by Crippen LogP contribution is -2.30. The van der Waals surface area contributed by atoms with E-state index in [0.29, 0.717) is 30.4 Å². The fraction of sp³-hybridized carbons (Fsp3) is 0.364. The molecule has 9 nitrogen and oxygen atoms in total. The van der Waals surface area contributed by atoms with Crippen molar-refractivity contribution in [1.29, 1.82) is 0 Å². The molecule has 0 bridgehead atoms. The number of aliphatic hydroxyl groups is 1. The van der Waals surface area contributed by atoms with Crippen LogP contribution < -0.4 is 15.5 Å². The molecule has 1 aliphatic rings. The number of nitrogens with one attached hydrogen (secondary N) is 3. The van der Waals surface area contributed by atoms with Crippen molar-refractivity contribution in [3.8, 4) is 0 Å². The van der Waals surface area contributed by atoms with Crippen molar-refractivity contribution in [3.63, 3.8) is 0 Å². The van der Waals surface area contributed by atoms with Crippen LogP contribution in [-0.2, 0) is 4.79 Å². The molecular formula is C22H27N7O2S. The monoisotopic (exact) mass is 453 g/mol. The number of aromatic amines is 1. The molecule has 4 N–H and O–H groups in total. The van der Waals surface area contributed by atoms with Crippen LogP contribution in [0.25, 0.3) is 0 Å². The third kappa shape index (κ3) is 5.57. The molecule has 2 aromatic heterocycles. The second-order valence-electron chi connectivity index (χ2n) is 8.14. The van der Waals surface area contributed by atoms with E-state index in [0.717, 1.165) is 34.5 Å². The van der Waals surface area contributed by atoms with E-state index in [-0.39, 0.29) is 5.91 Å². The van der Waals surface area contributed by atoms with Crippen molar-refractivity contribution in [2.75, 3.05) is 28.6 Å². The molecule has 1 fully saturated rings. The summed E-state index contributed by atoms with van der Waals surface area (Å²) in [4.78, 5) is 24.0. The van der Waals surface area contributed by atoms with Crippen LogP contribution in [0, 0.1) is 6.92 Å². The zero-order valence-electron chi connectivity index (χ0n) is 18.3. The maximum absolute atomic E-state index is 11.6. The number of anilines is 4. The van der Waals surface area contributed by atoms with E-state index < -0.39 is 5.60 Å². The molecule has 32 heavy (non-hydrogen) atoms. The van der Waals surface area contributed by atoms with Gasteiger partial charge in [0.25, 0.3) is 0 Å². The van der Waals surface area contributed by atoms with Crippen molar-refractivity contribution >= 4 is 40.8 Å². The van der Waals surface area contributed by atoms with Crippen molar-refractivity contribution in [3.05, 3.63) is 42.1 Å². The Kier molecular flexibility index (Phi) is 6.33. The molecule has 168 valence electrons. The predicted molar refractivity (Wildman–Crippen MR) is 126 cm³/mol. The van der Waals surface area contributed by atoms with E-state index in [9.17, 15) is 9.90 Å².